The highest BCUT2D eigenvalue weighted by Crippen LogP contribution is 2.24. The van der Waals surface area contributed by atoms with E-state index in [1.807, 2.05) is 57.2 Å². The predicted octanol–water partition coefficient (Wildman–Crippen LogP) is 6.23. The highest BCUT2D eigenvalue weighted by atomic mass is 35.5. The zero-order chi connectivity index (χ0) is 25.6. The van der Waals surface area contributed by atoms with Crippen molar-refractivity contribution in [3.63, 3.8) is 0 Å². The van der Waals surface area contributed by atoms with Gasteiger partial charge in [-0.25, -0.2) is 4.39 Å². The lowest BCUT2D eigenvalue weighted by molar-refractivity contribution is -0.141. The largest absolute Gasteiger partial charge is 0.350 e. The first-order chi connectivity index (χ1) is 16.5. The Morgan fingerprint density at radius 1 is 0.914 bits per heavy atom. The molecule has 3 rings (SSSR count). The maximum absolute atomic E-state index is 14.5. The number of benzene rings is 3. The van der Waals surface area contributed by atoms with Gasteiger partial charge in [0.1, 0.15) is 11.9 Å². The van der Waals surface area contributed by atoms with Crippen molar-refractivity contribution in [1.29, 1.82) is 0 Å². The number of rotatable bonds is 8. The van der Waals surface area contributed by atoms with Gasteiger partial charge in [0.15, 0.2) is 0 Å². The Morgan fingerprint density at radius 2 is 1.54 bits per heavy atom. The molecule has 7 heteroatoms. The van der Waals surface area contributed by atoms with Crippen LogP contribution in [0.2, 0.25) is 10.0 Å². The van der Waals surface area contributed by atoms with E-state index in [2.05, 4.69) is 5.32 Å². The molecule has 1 N–H and O–H groups in total. The average molecular weight is 515 g/mol. The van der Waals surface area contributed by atoms with Gasteiger partial charge in [0.05, 0.1) is 6.42 Å². The minimum absolute atomic E-state index is 0.0830. The molecule has 0 radical (unpaired) electrons. The highest BCUT2D eigenvalue weighted by Gasteiger charge is 2.33. The molecule has 0 fully saturated rings. The molecule has 0 saturated carbocycles. The van der Waals surface area contributed by atoms with E-state index in [9.17, 15) is 14.0 Å². The fourth-order valence-electron chi connectivity index (χ4n) is 3.77. The van der Waals surface area contributed by atoms with Crippen molar-refractivity contribution in [1.82, 2.24) is 10.2 Å². The molecule has 0 unspecified atom stereocenters. The Balaban J connectivity index is 2.04. The summed E-state index contributed by atoms with van der Waals surface area (Å²) in [5, 5.41) is 3.63. The first kappa shape index (κ1) is 26.7. The van der Waals surface area contributed by atoms with Crippen LogP contribution in [0, 0.1) is 5.82 Å². The lowest BCUT2D eigenvalue weighted by Gasteiger charge is -2.34. The molecule has 0 bridgehead atoms. The van der Waals surface area contributed by atoms with E-state index < -0.39 is 23.3 Å². The number of hydrogen-bond donors (Lipinski definition) is 1. The zero-order valence-corrected chi connectivity index (χ0v) is 21.5. The van der Waals surface area contributed by atoms with Gasteiger partial charge in [0, 0.05) is 34.1 Å². The summed E-state index contributed by atoms with van der Waals surface area (Å²) in [6.07, 6.45) is -0.00596. The Labute approximate surface area is 216 Å². The van der Waals surface area contributed by atoms with Crippen LogP contribution in [0.3, 0.4) is 0 Å². The second-order valence-corrected chi connectivity index (χ2v) is 10.2. The van der Waals surface area contributed by atoms with Crippen LogP contribution in [0.25, 0.3) is 0 Å². The van der Waals surface area contributed by atoms with Crippen molar-refractivity contribution in [2.24, 2.45) is 0 Å². The van der Waals surface area contributed by atoms with Crippen LogP contribution in [0.4, 0.5) is 4.39 Å². The molecule has 0 aliphatic heterocycles. The topological polar surface area (TPSA) is 49.4 Å². The first-order valence-corrected chi connectivity index (χ1v) is 12.1. The van der Waals surface area contributed by atoms with Crippen LogP contribution in [0.1, 0.15) is 37.5 Å². The third kappa shape index (κ3) is 7.55. The summed E-state index contributed by atoms with van der Waals surface area (Å²) in [6.45, 7) is 5.72. The lowest BCUT2D eigenvalue weighted by Crippen LogP contribution is -2.54. The fourth-order valence-corrected chi connectivity index (χ4v) is 4.20. The standard InChI is InChI=1S/C28H29Cl2FN2O2/c1-28(2,3)32-27(35)25(16-19-10-5-4-6-11-19)33(18-20-12-7-8-13-22(20)29)26(34)17-21-23(30)14-9-15-24(21)31/h4-15,25H,16-18H2,1-3H3,(H,32,35)/t25-/m1/s1. The molecular weight excluding hydrogens is 486 g/mol. The second-order valence-electron chi connectivity index (χ2n) is 9.43. The Kier molecular flexibility index (Phi) is 8.92. The normalized spacial score (nSPS) is 12.2. The fraction of sp³-hybridized carbons (Fsp3) is 0.286. The minimum Gasteiger partial charge on any atom is -0.350 e. The summed E-state index contributed by atoms with van der Waals surface area (Å²) < 4.78 is 14.5. The molecule has 3 aromatic rings. The van der Waals surface area contributed by atoms with E-state index in [0.717, 1.165) is 5.56 Å². The van der Waals surface area contributed by atoms with Gasteiger partial charge in [0.25, 0.3) is 0 Å². The van der Waals surface area contributed by atoms with Crippen molar-refractivity contribution < 1.29 is 14.0 Å². The molecule has 1 atom stereocenters. The molecule has 184 valence electrons. The van der Waals surface area contributed by atoms with Crippen LogP contribution in [0.5, 0.6) is 0 Å². The maximum Gasteiger partial charge on any atom is 0.243 e. The van der Waals surface area contributed by atoms with Crippen LogP contribution in [0.15, 0.2) is 72.8 Å². The molecule has 4 nitrogen and oxygen atoms in total. The Hall–Kier alpha value is -2.89. The number of hydrogen-bond acceptors (Lipinski definition) is 2. The third-order valence-corrected chi connectivity index (χ3v) is 6.18. The summed E-state index contributed by atoms with van der Waals surface area (Å²) in [4.78, 5) is 28.7. The predicted molar refractivity (Wildman–Crippen MR) is 139 cm³/mol. The van der Waals surface area contributed by atoms with E-state index >= 15 is 0 Å². The summed E-state index contributed by atoms with van der Waals surface area (Å²) in [7, 11) is 0. The van der Waals surface area contributed by atoms with Crippen LogP contribution in [-0.2, 0) is 29.0 Å². The van der Waals surface area contributed by atoms with E-state index in [-0.39, 0.29) is 35.9 Å². The molecule has 0 spiro atoms. The van der Waals surface area contributed by atoms with Gasteiger partial charge >= 0.3 is 0 Å². The molecule has 0 aliphatic rings. The highest BCUT2D eigenvalue weighted by molar-refractivity contribution is 6.31. The van der Waals surface area contributed by atoms with Gasteiger partial charge in [-0.05, 0) is 50.1 Å². The molecule has 2 amide bonds. The van der Waals surface area contributed by atoms with Gasteiger partial charge in [-0.2, -0.15) is 0 Å². The average Bonchev–Trinajstić information content (AvgIpc) is 2.79. The molecule has 0 aliphatic carbocycles. The van der Waals surface area contributed by atoms with E-state index in [1.165, 1.54) is 17.0 Å². The Morgan fingerprint density at radius 3 is 2.17 bits per heavy atom. The Bertz CT molecular complexity index is 1160. The van der Waals surface area contributed by atoms with Crippen molar-refractivity contribution in [2.45, 2.75) is 51.7 Å². The minimum atomic E-state index is -0.856. The number of amides is 2. The van der Waals surface area contributed by atoms with Crippen LogP contribution in [-0.4, -0.2) is 28.3 Å². The summed E-state index contributed by atoms with van der Waals surface area (Å²) in [6, 6.07) is 20.1. The summed E-state index contributed by atoms with van der Waals surface area (Å²) in [5.41, 5.74) is 1.16. The van der Waals surface area contributed by atoms with Crippen molar-refractivity contribution in [3.05, 3.63) is 105 Å². The van der Waals surface area contributed by atoms with E-state index in [0.29, 0.717) is 10.6 Å². The number of nitrogens with zero attached hydrogens (tertiary/aromatic N) is 1. The SMILES string of the molecule is CC(C)(C)NC(=O)[C@@H](Cc1ccccc1)N(Cc1ccccc1Cl)C(=O)Cc1c(F)cccc1Cl. The van der Waals surface area contributed by atoms with Gasteiger partial charge < -0.3 is 10.2 Å². The zero-order valence-electron chi connectivity index (χ0n) is 20.0. The number of halogens is 3. The molecule has 35 heavy (non-hydrogen) atoms. The molecule has 0 aromatic heterocycles. The number of nitrogens with one attached hydrogen (secondary N) is 1. The van der Waals surface area contributed by atoms with Crippen molar-refractivity contribution in [3.8, 4) is 0 Å². The second kappa shape index (κ2) is 11.7. The van der Waals surface area contributed by atoms with E-state index in [4.69, 9.17) is 23.2 Å². The smallest absolute Gasteiger partial charge is 0.243 e. The van der Waals surface area contributed by atoms with Gasteiger partial charge in [0.2, 0.25) is 11.8 Å². The van der Waals surface area contributed by atoms with Gasteiger partial charge in [-0.15, -0.1) is 0 Å². The van der Waals surface area contributed by atoms with Crippen molar-refractivity contribution >= 4 is 35.0 Å². The summed E-state index contributed by atoms with van der Waals surface area (Å²) >= 11 is 12.6. The van der Waals surface area contributed by atoms with Gasteiger partial charge in [-0.1, -0.05) is 77.8 Å². The number of carbonyl (C=O) groups excluding carboxylic acids is 2. The third-order valence-electron chi connectivity index (χ3n) is 5.46. The molecule has 0 heterocycles. The van der Waals surface area contributed by atoms with Crippen LogP contribution < -0.4 is 5.32 Å². The monoisotopic (exact) mass is 514 g/mol. The molecule has 0 saturated heterocycles. The molecule has 3 aromatic carbocycles. The quantitative estimate of drug-likeness (QED) is 0.387. The first-order valence-electron chi connectivity index (χ1n) is 11.4. The van der Waals surface area contributed by atoms with Gasteiger partial charge in [-0.3, -0.25) is 9.59 Å². The van der Waals surface area contributed by atoms with Crippen molar-refractivity contribution in [2.75, 3.05) is 0 Å². The van der Waals surface area contributed by atoms with E-state index in [1.54, 1.807) is 24.3 Å². The maximum atomic E-state index is 14.5. The molecular formula is C28H29Cl2FN2O2. The number of carbonyl (C=O) groups is 2. The lowest BCUT2D eigenvalue weighted by atomic mass is 9.99. The summed E-state index contributed by atoms with van der Waals surface area (Å²) in [5.74, 6) is -1.30. The van der Waals surface area contributed by atoms with Crippen LogP contribution >= 0.6 is 23.2 Å².